The van der Waals surface area contributed by atoms with E-state index in [1.165, 1.54) is 5.56 Å². The van der Waals surface area contributed by atoms with E-state index in [-0.39, 0.29) is 12.0 Å². The fraction of sp³-hybridized carbons (Fsp3) is 0.500. The van der Waals surface area contributed by atoms with Crippen LogP contribution in [0.5, 0.6) is 0 Å². The topological polar surface area (TPSA) is 32.3 Å². The lowest BCUT2D eigenvalue weighted by Gasteiger charge is -2.21. The largest absolute Gasteiger partial charge is 0.396 e. The van der Waals surface area contributed by atoms with Crippen molar-refractivity contribution in [1.82, 2.24) is 5.32 Å². The lowest BCUT2D eigenvalue weighted by atomic mass is 9.95. The van der Waals surface area contributed by atoms with E-state index in [1.54, 1.807) is 0 Å². The van der Waals surface area contributed by atoms with E-state index in [0.29, 0.717) is 0 Å². The first-order chi connectivity index (χ1) is 7.03. The summed E-state index contributed by atoms with van der Waals surface area (Å²) >= 11 is 3.40. The van der Waals surface area contributed by atoms with Crippen LogP contribution in [0.4, 0.5) is 0 Å². The number of halogens is 1. The fourth-order valence-electron chi connectivity index (χ4n) is 1.20. The highest BCUT2D eigenvalue weighted by Gasteiger charge is 2.15. The highest BCUT2D eigenvalue weighted by atomic mass is 79.9. The van der Waals surface area contributed by atoms with Crippen LogP contribution >= 0.6 is 15.9 Å². The van der Waals surface area contributed by atoms with Gasteiger partial charge in [-0.3, -0.25) is 0 Å². The molecule has 1 aromatic carbocycles. The molecule has 1 aromatic rings. The van der Waals surface area contributed by atoms with Crippen molar-refractivity contribution >= 4 is 15.9 Å². The summed E-state index contributed by atoms with van der Waals surface area (Å²) in [6.45, 7) is 5.96. The Hall–Kier alpha value is -0.380. The predicted octanol–water partition coefficient (Wildman–Crippen LogP) is 2.56. The Labute approximate surface area is 99.8 Å². The van der Waals surface area contributed by atoms with Crippen molar-refractivity contribution in [2.45, 2.75) is 20.4 Å². The lowest BCUT2D eigenvalue weighted by molar-refractivity contribution is 0.156. The molecule has 0 saturated carbocycles. The molecular formula is C12H18BrNO. The van der Waals surface area contributed by atoms with E-state index in [9.17, 15) is 0 Å². The Morgan fingerprint density at radius 1 is 1.27 bits per heavy atom. The molecule has 0 atom stereocenters. The van der Waals surface area contributed by atoms with Crippen molar-refractivity contribution < 1.29 is 5.11 Å². The first kappa shape index (κ1) is 12.7. The Morgan fingerprint density at radius 2 is 1.87 bits per heavy atom. The van der Waals surface area contributed by atoms with Gasteiger partial charge in [-0.1, -0.05) is 41.9 Å². The number of hydrogen-bond donors (Lipinski definition) is 2. The SMILES string of the molecule is CC(C)(CO)CNCc1ccc(Br)cc1. The van der Waals surface area contributed by atoms with Crippen LogP contribution in [0.3, 0.4) is 0 Å². The average molecular weight is 272 g/mol. The molecule has 0 bridgehead atoms. The highest BCUT2D eigenvalue weighted by molar-refractivity contribution is 9.10. The molecule has 2 N–H and O–H groups in total. The summed E-state index contributed by atoms with van der Waals surface area (Å²) < 4.78 is 1.10. The summed E-state index contributed by atoms with van der Waals surface area (Å²) in [4.78, 5) is 0. The van der Waals surface area contributed by atoms with E-state index in [1.807, 2.05) is 26.0 Å². The zero-order valence-electron chi connectivity index (χ0n) is 9.26. The highest BCUT2D eigenvalue weighted by Crippen LogP contribution is 2.13. The van der Waals surface area contributed by atoms with Gasteiger partial charge >= 0.3 is 0 Å². The fourth-order valence-corrected chi connectivity index (χ4v) is 1.47. The summed E-state index contributed by atoms with van der Waals surface area (Å²) in [5.74, 6) is 0. The minimum absolute atomic E-state index is 0.0463. The summed E-state index contributed by atoms with van der Waals surface area (Å²) in [7, 11) is 0. The van der Waals surface area contributed by atoms with Gasteiger partial charge in [-0.25, -0.2) is 0 Å². The second kappa shape index (κ2) is 5.64. The Bertz CT molecular complexity index is 295. The van der Waals surface area contributed by atoms with Crippen LogP contribution in [-0.4, -0.2) is 18.3 Å². The second-order valence-electron chi connectivity index (χ2n) is 4.55. The van der Waals surface area contributed by atoms with Gasteiger partial charge in [0.15, 0.2) is 0 Å². The van der Waals surface area contributed by atoms with Gasteiger partial charge in [0, 0.05) is 29.6 Å². The van der Waals surface area contributed by atoms with E-state index < -0.39 is 0 Å². The molecule has 3 heteroatoms. The van der Waals surface area contributed by atoms with Crippen molar-refractivity contribution in [3.05, 3.63) is 34.3 Å². The molecule has 0 aliphatic rings. The molecule has 1 rings (SSSR count). The van der Waals surface area contributed by atoms with Crippen LogP contribution in [0, 0.1) is 5.41 Å². The number of aliphatic hydroxyl groups is 1. The Kier molecular flexibility index (Phi) is 4.77. The van der Waals surface area contributed by atoms with Crippen LogP contribution in [0.2, 0.25) is 0 Å². The molecule has 0 heterocycles. The molecule has 0 amide bonds. The molecule has 0 unspecified atom stereocenters. The number of aliphatic hydroxyl groups excluding tert-OH is 1. The summed E-state index contributed by atoms with van der Waals surface area (Å²) in [5.41, 5.74) is 1.21. The maximum atomic E-state index is 9.08. The van der Waals surface area contributed by atoms with Crippen molar-refractivity contribution in [3.8, 4) is 0 Å². The molecule has 0 aliphatic carbocycles. The van der Waals surface area contributed by atoms with E-state index in [0.717, 1.165) is 17.6 Å². The van der Waals surface area contributed by atoms with Crippen LogP contribution in [0.1, 0.15) is 19.4 Å². The molecular weight excluding hydrogens is 254 g/mol. The van der Waals surface area contributed by atoms with Crippen LogP contribution in [0.15, 0.2) is 28.7 Å². The minimum atomic E-state index is -0.0463. The zero-order chi connectivity index (χ0) is 11.3. The van der Waals surface area contributed by atoms with E-state index in [4.69, 9.17) is 5.11 Å². The number of hydrogen-bond acceptors (Lipinski definition) is 2. The normalized spacial score (nSPS) is 11.7. The molecule has 0 saturated heterocycles. The standard InChI is InChI=1S/C12H18BrNO/c1-12(2,9-15)8-14-7-10-3-5-11(13)6-4-10/h3-6,14-15H,7-9H2,1-2H3. The Balaban J connectivity index is 2.35. The van der Waals surface area contributed by atoms with Crippen LogP contribution in [-0.2, 0) is 6.54 Å². The van der Waals surface area contributed by atoms with E-state index >= 15 is 0 Å². The third-order valence-corrected chi connectivity index (χ3v) is 2.80. The van der Waals surface area contributed by atoms with E-state index in [2.05, 4.69) is 33.4 Å². The van der Waals surface area contributed by atoms with Crippen molar-refractivity contribution in [3.63, 3.8) is 0 Å². The zero-order valence-corrected chi connectivity index (χ0v) is 10.8. The molecule has 84 valence electrons. The van der Waals surface area contributed by atoms with Crippen molar-refractivity contribution in [2.75, 3.05) is 13.2 Å². The van der Waals surface area contributed by atoms with Gasteiger partial charge in [0.2, 0.25) is 0 Å². The van der Waals surface area contributed by atoms with Crippen LogP contribution < -0.4 is 5.32 Å². The molecule has 15 heavy (non-hydrogen) atoms. The molecule has 0 aromatic heterocycles. The monoisotopic (exact) mass is 271 g/mol. The number of rotatable bonds is 5. The summed E-state index contributed by atoms with van der Waals surface area (Å²) in [6, 6.07) is 8.24. The lowest BCUT2D eigenvalue weighted by Crippen LogP contribution is -2.31. The number of benzene rings is 1. The first-order valence-electron chi connectivity index (χ1n) is 5.09. The maximum absolute atomic E-state index is 9.08. The summed E-state index contributed by atoms with van der Waals surface area (Å²) in [6.07, 6.45) is 0. The van der Waals surface area contributed by atoms with Gasteiger partial charge in [-0.2, -0.15) is 0 Å². The van der Waals surface area contributed by atoms with Gasteiger partial charge in [0.25, 0.3) is 0 Å². The third kappa shape index (κ3) is 4.78. The average Bonchev–Trinajstić information content (AvgIpc) is 2.21. The molecule has 0 aliphatic heterocycles. The third-order valence-electron chi connectivity index (χ3n) is 2.27. The Morgan fingerprint density at radius 3 is 2.40 bits per heavy atom. The van der Waals surface area contributed by atoms with Gasteiger partial charge in [0.1, 0.15) is 0 Å². The smallest absolute Gasteiger partial charge is 0.0494 e. The maximum Gasteiger partial charge on any atom is 0.0494 e. The van der Waals surface area contributed by atoms with Crippen molar-refractivity contribution in [2.24, 2.45) is 5.41 Å². The van der Waals surface area contributed by atoms with Gasteiger partial charge in [-0.05, 0) is 17.7 Å². The summed E-state index contributed by atoms with van der Waals surface area (Å²) in [5, 5.41) is 12.4. The van der Waals surface area contributed by atoms with Gasteiger partial charge in [-0.15, -0.1) is 0 Å². The second-order valence-corrected chi connectivity index (χ2v) is 5.47. The minimum Gasteiger partial charge on any atom is -0.396 e. The predicted molar refractivity (Wildman–Crippen MR) is 66.7 cm³/mol. The van der Waals surface area contributed by atoms with Gasteiger partial charge < -0.3 is 10.4 Å². The number of nitrogens with one attached hydrogen (secondary N) is 1. The van der Waals surface area contributed by atoms with Gasteiger partial charge in [0.05, 0.1) is 0 Å². The molecule has 2 nitrogen and oxygen atoms in total. The first-order valence-corrected chi connectivity index (χ1v) is 5.89. The van der Waals surface area contributed by atoms with Crippen LogP contribution in [0.25, 0.3) is 0 Å². The quantitative estimate of drug-likeness (QED) is 0.863. The van der Waals surface area contributed by atoms with Crippen molar-refractivity contribution in [1.29, 1.82) is 0 Å². The molecule has 0 radical (unpaired) electrons. The molecule has 0 spiro atoms. The molecule has 0 fully saturated rings.